The number of morpholine rings is 1. The van der Waals surface area contributed by atoms with Gasteiger partial charge >= 0.3 is 0 Å². The number of halogens is 1. The third kappa shape index (κ3) is 9.04. The Labute approximate surface area is 270 Å². The van der Waals surface area contributed by atoms with Crippen LogP contribution in [0.2, 0.25) is 5.02 Å². The summed E-state index contributed by atoms with van der Waals surface area (Å²) >= 11 is 6.20. The number of nitrogens with zero attached hydrogens (tertiary/aromatic N) is 2. The molecule has 3 amide bonds. The van der Waals surface area contributed by atoms with Crippen molar-refractivity contribution in [1.29, 1.82) is 0 Å². The molecule has 13 heteroatoms. The summed E-state index contributed by atoms with van der Waals surface area (Å²) in [6.45, 7) is 4.36. The van der Waals surface area contributed by atoms with Gasteiger partial charge in [-0.15, -0.1) is 0 Å². The number of hydrogen-bond acceptors (Lipinski definition) is 7. The minimum absolute atomic E-state index is 0.0277. The SMILES string of the molecule is CCC1(C(=O)NCc2cc(Cl)ccc2CN)CCCCN1C(=O)[C@@H](CCC(=O)N1CCOCC1)NS(=O)(=O)Cc1ccccc1. The molecule has 246 valence electrons. The first-order valence-corrected chi connectivity index (χ1v) is 17.6. The van der Waals surface area contributed by atoms with Gasteiger partial charge in [0.25, 0.3) is 0 Å². The van der Waals surface area contributed by atoms with E-state index in [0.29, 0.717) is 62.7 Å². The van der Waals surface area contributed by atoms with Crippen LogP contribution in [0.3, 0.4) is 0 Å². The lowest BCUT2D eigenvalue weighted by Gasteiger charge is -2.46. The van der Waals surface area contributed by atoms with Crippen molar-refractivity contribution in [2.75, 3.05) is 32.8 Å². The van der Waals surface area contributed by atoms with E-state index in [-0.39, 0.29) is 43.5 Å². The molecule has 4 rings (SSSR count). The summed E-state index contributed by atoms with van der Waals surface area (Å²) in [5, 5.41) is 3.52. The maximum atomic E-state index is 14.4. The summed E-state index contributed by atoms with van der Waals surface area (Å²) in [4.78, 5) is 44.5. The number of nitrogens with two attached hydrogens (primary N) is 1. The molecule has 1 unspecified atom stereocenters. The second kappa shape index (κ2) is 16.0. The lowest BCUT2D eigenvalue weighted by atomic mass is 9.82. The summed E-state index contributed by atoms with van der Waals surface area (Å²) in [5.74, 6) is -1.33. The molecule has 0 radical (unpaired) electrons. The second-order valence-electron chi connectivity index (χ2n) is 11.6. The van der Waals surface area contributed by atoms with Crippen LogP contribution in [0.4, 0.5) is 0 Å². The van der Waals surface area contributed by atoms with E-state index in [1.165, 1.54) is 4.90 Å². The third-order valence-corrected chi connectivity index (χ3v) is 10.3. The lowest BCUT2D eigenvalue weighted by Crippen LogP contribution is -2.65. The fraction of sp³-hybridized carbons (Fsp3) is 0.531. The largest absolute Gasteiger partial charge is 0.378 e. The normalized spacial score (nSPS) is 19.6. The molecule has 2 heterocycles. The molecule has 2 aliphatic heterocycles. The number of amides is 3. The molecule has 2 aromatic carbocycles. The minimum Gasteiger partial charge on any atom is -0.378 e. The zero-order valence-electron chi connectivity index (χ0n) is 25.8. The quantitative estimate of drug-likeness (QED) is 0.299. The van der Waals surface area contributed by atoms with E-state index in [1.807, 2.05) is 13.0 Å². The van der Waals surface area contributed by atoms with Crippen LogP contribution >= 0.6 is 11.6 Å². The Kier molecular flexibility index (Phi) is 12.4. The van der Waals surface area contributed by atoms with Crippen molar-refractivity contribution in [1.82, 2.24) is 19.8 Å². The van der Waals surface area contributed by atoms with Crippen molar-refractivity contribution in [2.45, 2.75) is 75.9 Å². The van der Waals surface area contributed by atoms with Crippen LogP contribution in [0.1, 0.15) is 62.1 Å². The number of benzene rings is 2. The Morgan fingerprint density at radius 1 is 1.04 bits per heavy atom. The van der Waals surface area contributed by atoms with Crippen molar-refractivity contribution in [3.05, 3.63) is 70.2 Å². The van der Waals surface area contributed by atoms with Crippen LogP contribution in [0.15, 0.2) is 48.5 Å². The number of nitrogens with one attached hydrogen (secondary N) is 2. The number of carbonyl (C=O) groups excluding carboxylic acids is 3. The lowest BCUT2D eigenvalue weighted by molar-refractivity contribution is -0.153. The van der Waals surface area contributed by atoms with Crippen molar-refractivity contribution < 1.29 is 27.5 Å². The Balaban J connectivity index is 1.57. The molecule has 45 heavy (non-hydrogen) atoms. The highest BCUT2D eigenvalue weighted by Crippen LogP contribution is 2.33. The number of ether oxygens (including phenoxy) is 1. The molecule has 4 N–H and O–H groups in total. The number of sulfonamides is 1. The topological polar surface area (TPSA) is 151 Å². The van der Waals surface area contributed by atoms with Gasteiger partial charge < -0.3 is 25.6 Å². The van der Waals surface area contributed by atoms with E-state index < -0.39 is 27.5 Å². The fourth-order valence-corrected chi connectivity index (χ4v) is 7.69. The Hall–Kier alpha value is -3.03. The van der Waals surface area contributed by atoms with Gasteiger partial charge in [-0.3, -0.25) is 14.4 Å². The summed E-state index contributed by atoms with van der Waals surface area (Å²) in [7, 11) is -3.98. The van der Waals surface area contributed by atoms with E-state index in [0.717, 1.165) is 17.5 Å². The first-order valence-electron chi connectivity index (χ1n) is 15.5. The maximum absolute atomic E-state index is 14.4. The second-order valence-corrected chi connectivity index (χ2v) is 13.8. The Bertz CT molecular complexity index is 1440. The number of piperidine rings is 1. The van der Waals surface area contributed by atoms with Crippen LogP contribution in [-0.2, 0) is 48.0 Å². The average Bonchev–Trinajstić information content (AvgIpc) is 3.05. The van der Waals surface area contributed by atoms with Crippen molar-refractivity contribution in [3.63, 3.8) is 0 Å². The van der Waals surface area contributed by atoms with Crippen molar-refractivity contribution in [2.24, 2.45) is 5.73 Å². The maximum Gasteiger partial charge on any atom is 0.246 e. The fourth-order valence-electron chi connectivity index (χ4n) is 6.13. The van der Waals surface area contributed by atoms with Gasteiger partial charge in [0, 0.05) is 44.2 Å². The molecule has 2 atom stereocenters. The average molecular weight is 662 g/mol. The molecule has 2 aromatic rings. The summed E-state index contributed by atoms with van der Waals surface area (Å²) in [5.41, 5.74) is 6.91. The molecule has 2 aliphatic rings. The Morgan fingerprint density at radius 2 is 1.78 bits per heavy atom. The third-order valence-electron chi connectivity index (χ3n) is 8.67. The summed E-state index contributed by atoms with van der Waals surface area (Å²) in [6.07, 6.45) is 2.10. The summed E-state index contributed by atoms with van der Waals surface area (Å²) < 4.78 is 34.7. The molecule has 0 saturated carbocycles. The van der Waals surface area contributed by atoms with E-state index in [1.54, 1.807) is 47.4 Å². The molecule has 11 nitrogen and oxygen atoms in total. The molecule has 0 aliphatic carbocycles. The van der Waals surface area contributed by atoms with Crippen molar-refractivity contribution in [3.8, 4) is 0 Å². The number of hydrogen-bond donors (Lipinski definition) is 3. The smallest absolute Gasteiger partial charge is 0.246 e. The number of carbonyl (C=O) groups is 3. The van der Waals surface area contributed by atoms with Gasteiger partial charge in [0.2, 0.25) is 27.7 Å². The van der Waals surface area contributed by atoms with Gasteiger partial charge in [0.05, 0.1) is 19.0 Å². The van der Waals surface area contributed by atoms with Gasteiger partial charge in [0.15, 0.2) is 0 Å². The van der Waals surface area contributed by atoms with Gasteiger partial charge in [-0.1, -0.05) is 54.9 Å². The van der Waals surface area contributed by atoms with E-state index in [2.05, 4.69) is 10.0 Å². The zero-order chi connectivity index (χ0) is 32.5. The van der Waals surface area contributed by atoms with Crippen LogP contribution < -0.4 is 15.8 Å². The monoisotopic (exact) mass is 661 g/mol. The molecule has 2 fully saturated rings. The molecular formula is C32H44ClN5O6S. The molecular weight excluding hydrogens is 618 g/mol. The van der Waals surface area contributed by atoms with Gasteiger partial charge in [-0.2, -0.15) is 0 Å². The van der Waals surface area contributed by atoms with Crippen LogP contribution in [0, 0.1) is 0 Å². The van der Waals surface area contributed by atoms with Crippen molar-refractivity contribution >= 4 is 39.3 Å². The highest BCUT2D eigenvalue weighted by atomic mass is 35.5. The van der Waals surface area contributed by atoms with E-state index in [4.69, 9.17) is 22.1 Å². The Morgan fingerprint density at radius 3 is 2.47 bits per heavy atom. The zero-order valence-corrected chi connectivity index (χ0v) is 27.4. The molecule has 0 aromatic heterocycles. The first kappa shape index (κ1) is 34.8. The standard InChI is InChI=1S/C32H44ClN5O6S/c1-2-32(31(41)35-22-26-20-27(33)11-10-25(26)21-34)14-6-7-15-38(32)30(40)28(12-13-29(39)37-16-18-44-19-17-37)36-45(42,43)23-24-8-4-3-5-9-24/h3-5,8-11,20,28,36H,2,6-7,12-19,21-23,34H2,1H3,(H,35,41)/t28-,32?/m1/s1. The number of likely N-dealkylation sites (tertiary alicyclic amines) is 1. The minimum atomic E-state index is -3.98. The highest BCUT2D eigenvalue weighted by molar-refractivity contribution is 7.88. The highest BCUT2D eigenvalue weighted by Gasteiger charge is 2.48. The molecule has 0 bridgehead atoms. The molecule has 0 spiro atoms. The van der Waals surface area contributed by atoms with Crippen LogP contribution in [0.25, 0.3) is 0 Å². The van der Waals surface area contributed by atoms with Gasteiger partial charge in [0.1, 0.15) is 11.6 Å². The van der Waals surface area contributed by atoms with Gasteiger partial charge in [-0.05, 0) is 60.9 Å². The first-order chi connectivity index (χ1) is 21.6. The summed E-state index contributed by atoms with van der Waals surface area (Å²) in [6, 6.07) is 12.8. The molecule has 2 saturated heterocycles. The van der Waals surface area contributed by atoms with E-state index in [9.17, 15) is 22.8 Å². The van der Waals surface area contributed by atoms with Crippen LogP contribution in [-0.4, -0.2) is 80.4 Å². The predicted octanol–water partition coefficient (Wildman–Crippen LogP) is 2.70. The van der Waals surface area contributed by atoms with Gasteiger partial charge in [-0.25, -0.2) is 13.1 Å². The van der Waals surface area contributed by atoms with Crippen LogP contribution in [0.5, 0.6) is 0 Å². The predicted molar refractivity (Wildman–Crippen MR) is 172 cm³/mol. The number of rotatable bonds is 13. The van der Waals surface area contributed by atoms with E-state index >= 15 is 0 Å².